The Labute approximate surface area is 131 Å². The molecule has 0 fully saturated rings. The molecule has 1 aromatic heterocycles. The number of ether oxygens (including phenoxy) is 1. The van der Waals surface area contributed by atoms with Crippen molar-refractivity contribution >= 4 is 17.3 Å². The monoisotopic (exact) mass is 310 g/mol. The molecule has 108 valence electrons. The summed E-state index contributed by atoms with van der Waals surface area (Å²) < 4.78 is 5.42. The van der Waals surface area contributed by atoms with E-state index in [9.17, 15) is 0 Å². The molecule has 0 bridgehead atoms. The Morgan fingerprint density at radius 1 is 0.955 bits per heavy atom. The fourth-order valence-corrected chi connectivity index (χ4v) is 2.58. The maximum absolute atomic E-state index is 6.06. The lowest BCUT2D eigenvalue weighted by Gasteiger charge is -2.14. The van der Waals surface area contributed by atoms with E-state index in [1.807, 2.05) is 42.5 Å². The average Bonchev–Trinajstić information content (AvgIpc) is 3.04. The minimum absolute atomic E-state index is 0.664. The molecule has 2 heterocycles. The second kappa shape index (κ2) is 5.20. The Morgan fingerprint density at radius 3 is 2.59 bits per heavy atom. The van der Waals surface area contributed by atoms with Crippen LogP contribution in [0.15, 0.2) is 54.9 Å². The van der Waals surface area contributed by atoms with Crippen LogP contribution in [0.4, 0.5) is 5.69 Å². The van der Waals surface area contributed by atoms with Crippen molar-refractivity contribution in [2.24, 2.45) is 0 Å². The second-order valence-corrected chi connectivity index (χ2v) is 5.24. The number of anilines is 1. The summed E-state index contributed by atoms with van der Waals surface area (Å²) in [5.41, 5.74) is 4.27. The average molecular weight is 311 g/mol. The first-order chi connectivity index (χ1) is 10.8. The van der Waals surface area contributed by atoms with Crippen LogP contribution in [-0.4, -0.2) is 15.4 Å². The van der Waals surface area contributed by atoms with E-state index in [1.165, 1.54) is 0 Å². The van der Waals surface area contributed by atoms with Crippen LogP contribution in [0.2, 0.25) is 5.02 Å². The van der Waals surface area contributed by atoms with E-state index in [1.54, 1.807) is 12.5 Å². The van der Waals surface area contributed by atoms with Gasteiger partial charge in [0.25, 0.3) is 0 Å². The fourth-order valence-electron chi connectivity index (χ4n) is 2.39. The van der Waals surface area contributed by atoms with Gasteiger partial charge in [-0.2, -0.15) is 15.4 Å². The minimum atomic E-state index is 0.664. The largest absolute Gasteiger partial charge is 0.461 e. The van der Waals surface area contributed by atoms with Crippen LogP contribution in [0, 0.1) is 0 Å². The van der Waals surface area contributed by atoms with Gasteiger partial charge in [-0.05, 0) is 30.3 Å². The van der Waals surface area contributed by atoms with Crippen LogP contribution in [-0.2, 0) is 0 Å². The number of aromatic amines is 1. The van der Waals surface area contributed by atoms with Crippen molar-refractivity contribution in [3.8, 4) is 28.3 Å². The van der Waals surface area contributed by atoms with Crippen LogP contribution in [0.25, 0.3) is 22.5 Å². The number of hydrogen-bond acceptors (Lipinski definition) is 4. The molecule has 5 nitrogen and oxygen atoms in total. The maximum Gasteiger partial charge on any atom is 0.150 e. The molecule has 2 aromatic carbocycles. The zero-order valence-corrected chi connectivity index (χ0v) is 12.1. The summed E-state index contributed by atoms with van der Waals surface area (Å²) in [5, 5.41) is 15.0. The lowest BCUT2D eigenvalue weighted by molar-refractivity contribution is 0.477. The van der Waals surface area contributed by atoms with Gasteiger partial charge in [-0.1, -0.05) is 23.7 Å². The number of H-pyrrole nitrogens is 1. The Morgan fingerprint density at radius 2 is 1.77 bits per heavy atom. The molecule has 6 heteroatoms. The van der Waals surface area contributed by atoms with Gasteiger partial charge in [0.05, 0.1) is 5.69 Å². The number of benzene rings is 2. The molecular weight excluding hydrogens is 300 g/mol. The van der Waals surface area contributed by atoms with Crippen molar-refractivity contribution in [2.75, 3.05) is 5.32 Å². The lowest BCUT2D eigenvalue weighted by Crippen LogP contribution is -1.99. The predicted octanol–water partition coefficient (Wildman–Crippen LogP) is 4.07. The molecule has 0 spiro atoms. The Bertz CT molecular complexity index is 872. The van der Waals surface area contributed by atoms with Gasteiger partial charge < -0.3 is 10.1 Å². The normalized spacial score (nSPS) is 12.4. The van der Waals surface area contributed by atoms with E-state index in [4.69, 9.17) is 16.3 Å². The van der Waals surface area contributed by atoms with Crippen LogP contribution in [0.5, 0.6) is 5.75 Å². The molecule has 0 radical (unpaired) electrons. The molecule has 1 aliphatic heterocycles. The molecular formula is C16H11ClN4O. The van der Waals surface area contributed by atoms with E-state index in [2.05, 4.69) is 20.7 Å². The highest BCUT2D eigenvalue weighted by molar-refractivity contribution is 6.30. The van der Waals surface area contributed by atoms with Gasteiger partial charge in [-0.15, -0.1) is 0 Å². The molecule has 3 aromatic rings. The molecule has 2 N–H and O–H groups in total. The standard InChI is InChI=1S/C16H11ClN4O/c17-12-3-1-2-10(8-12)15-16(20-21-19-15)11-4-5-14-13(9-11)18-6-7-22-14/h1-9,18H,(H,19,20,21). The predicted molar refractivity (Wildman–Crippen MR) is 85.7 cm³/mol. The number of nitrogens with zero attached hydrogens (tertiary/aromatic N) is 2. The van der Waals surface area contributed by atoms with Crippen LogP contribution in [0.1, 0.15) is 0 Å². The fraction of sp³-hybridized carbons (Fsp3) is 0. The molecule has 0 atom stereocenters. The van der Waals surface area contributed by atoms with Gasteiger partial charge in [-0.3, -0.25) is 0 Å². The van der Waals surface area contributed by atoms with E-state index in [0.717, 1.165) is 34.0 Å². The van der Waals surface area contributed by atoms with Crippen molar-refractivity contribution in [2.45, 2.75) is 0 Å². The topological polar surface area (TPSA) is 62.8 Å². The lowest BCUT2D eigenvalue weighted by atomic mass is 10.0. The quantitative estimate of drug-likeness (QED) is 0.749. The molecule has 4 rings (SSSR count). The van der Waals surface area contributed by atoms with Gasteiger partial charge in [0.2, 0.25) is 0 Å². The molecule has 0 saturated heterocycles. The third-order valence-corrected chi connectivity index (χ3v) is 3.64. The second-order valence-electron chi connectivity index (χ2n) is 4.81. The number of hydrogen-bond donors (Lipinski definition) is 2. The Balaban J connectivity index is 1.80. The van der Waals surface area contributed by atoms with Crippen molar-refractivity contribution in [1.29, 1.82) is 0 Å². The van der Waals surface area contributed by atoms with Crippen molar-refractivity contribution < 1.29 is 4.74 Å². The molecule has 0 amide bonds. The van der Waals surface area contributed by atoms with Gasteiger partial charge in [0.1, 0.15) is 23.4 Å². The highest BCUT2D eigenvalue weighted by Gasteiger charge is 2.15. The summed E-state index contributed by atoms with van der Waals surface area (Å²) in [6, 6.07) is 13.4. The summed E-state index contributed by atoms with van der Waals surface area (Å²) in [5.74, 6) is 0.777. The molecule has 0 unspecified atom stereocenters. The molecule has 1 aliphatic rings. The zero-order chi connectivity index (χ0) is 14.9. The third-order valence-electron chi connectivity index (χ3n) is 3.40. The zero-order valence-electron chi connectivity index (χ0n) is 11.4. The number of nitrogens with one attached hydrogen (secondary N) is 2. The molecule has 0 aliphatic carbocycles. The van der Waals surface area contributed by atoms with E-state index >= 15 is 0 Å². The van der Waals surface area contributed by atoms with E-state index in [0.29, 0.717) is 5.02 Å². The summed E-state index contributed by atoms with van der Waals surface area (Å²) in [6.07, 6.45) is 3.35. The van der Waals surface area contributed by atoms with Crippen LogP contribution >= 0.6 is 11.6 Å². The van der Waals surface area contributed by atoms with Gasteiger partial charge in [-0.25, -0.2) is 0 Å². The van der Waals surface area contributed by atoms with Crippen LogP contribution < -0.4 is 10.1 Å². The summed E-state index contributed by atoms with van der Waals surface area (Å²) in [7, 11) is 0. The first-order valence-corrected chi connectivity index (χ1v) is 7.08. The van der Waals surface area contributed by atoms with Gasteiger partial charge >= 0.3 is 0 Å². The highest BCUT2D eigenvalue weighted by Crippen LogP contribution is 2.35. The van der Waals surface area contributed by atoms with Crippen molar-refractivity contribution in [1.82, 2.24) is 15.4 Å². The Kier molecular flexibility index (Phi) is 3.05. The SMILES string of the molecule is Clc1cccc(-c2n[nH]nc2-c2ccc3c(c2)NC=CO3)c1. The van der Waals surface area contributed by atoms with Crippen LogP contribution in [0.3, 0.4) is 0 Å². The van der Waals surface area contributed by atoms with Crippen molar-refractivity contribution in [3.63, 3.8) is 0 Å². The van der Waals surface area contributed by atoms with Gasteiger partial charge in [0, 0.05) is 22.3 Å². The molecule has 0 saturated carbocycles. The van der Waals surface area contributed by atoms with E-state index < -0.39 is 0 Å². The molecule has 22 heavy (non-hydrogen) atoms. The number of aromatic nitrogens is 3. The first-order valence-electron chi connectivity index (χ1n) is 6.70. The number of rotatable bonds is 2. The summed E-state index contributed by atoms with van der Waals surface area (Å²) >= 11 is 6.06. The number of halogens is 1. The summed E-state index contributed by atoms with van der Waals surface area (Å²) in [6.45, 7) is 0. The van der Waals surface area contributed by atoms with Gasteiger partial charge in [0.15, 0.2) is 0 Å². The van der Waals surface area contributed by atoms with Crippen molar-refractivity contribution in [3.05, 3.63) is 59.9 Å². The summed E-state index contributed by atoms with van der Waals surface area (Å²) in [4.78, 5) is 0. The minimum Gasteiger partial charge on any atom is -0.461 e. The van der Waals surface area contributed by atoms with E-state index in [-0.39, 0.29) is 0 Å². The number of fused-ring (bicyclic) bond motifs is 1. The maximum atomic E-state index is 6.06. The highest BCUT2D eigenvalue weighted by atomic mass is 35.5. The third kappa shape index (κ3) is 2.21. The first kappa shape index (κ1) is 12.9. The Hall–Kier alpha value is -2.79. The smallest absolute Gasteiger partial charge is 0.150 e.